The van der Waals surface area contributed by atoms with E-state index in [1.165, 1.54) is 6.92 Å². The van der Waals surface area contributed by atoms with Crippen LogP contribution in [-0.4, -0.2) is 34.3 Å². The monoisotopic (exact) mass is 302 g/mol. The zero-order valence-corrected chi connectivity index (χ0v) is 13.1. The third kappa shape index (κ3) is 3.84. The van der Waals surface area contributed by atoms with Gasteiger partial charge in [-0.1, -0.05) is 19.4 Å². The largest absolute Gasteiger partial charge is 0.356 e. The van der Waals surface area contributed by atoms with Gasteiger partial charge in [0.05, 0.1) is 5.69 Å². The van der Waals surface area contributed by atoms with Gasteiger partial charge in [-0.2, -0.15) is 0 Å². The van der Waals surface area contributed by atoms with E-state index in [1.54, 1.807) is 0 Å². The highest BCUT2D eigenvalue weighted by molar-refractivity contribution is 5.94. The van der Waals surface area contributed by atoms with Crippen LogP contribution < -0.4 is 10.6 Å². The van der Waals surface area contributed by atoms with Crippen molar-refractivity contribution in [2.75, 3.05) is 13.1 Å². The first-order valence-electron chi connectivity index (χ1n) is 7.62. The van der Waals surface area contributed by atoms with Crippen molar-refractivity contribution in [1.82, 2.24) is 20.0 Å². The Morgan fingerprint density at radius 3 is 2.73 bits per heavy atom. The van der Waals surface area contributed by atoms with Crippen molar-refractivity contribution in [3.8, 4) is 0 Å². The third-order valence-electron chi connectivity index (χ3n) is 3.32. The van der Waals surface area contributed by atoms with E-state index < -0.39 is 0 Å². The lowest BCUT2D eigenvalue weighted by molar-refractivity contribution is -0.118. The van der Waals surface area contributed by atoms with Crippen molar-refractivity contribution in [3.05, 3.63) is 35.8 Å². The van der Waals surface area contributed by atoms with Crippen molar-refractivity contribution in [3.63, 3.8) is 0 Å². The van der Waals surface area contributed by atoms with Crippen LogP contribution in [0, 0.1) is 0 Å². The summed E-state index contributed by atoms with van der Waals surface area (Å²) >= 11 is 0. The molecule has 0 aliphatic heterocycles. The quantitative estimate of drug-likeness (QED) is 0.762. The second-order valence-corrected chi connectivity index (χ2v) is 5.18. The van der Waals surface area contributed by atoms with Crippen molar-refractivity contribution in [1.29, 1.82) is 0 Å². The summed E-state index contributed by atoms with van der Waals surface area (Å²) in [5.41, 5.74) is 2.22. The van der Waals surface area contributed by atoms with Crippen LogP contribution in [0.5, 0.6) is 0 Å². The summed E-state index contributed by atoms with van der Waals surface area (Å²) in [5.74, 6) is -0.177. The summed E-state index contributed by atoms with van der Waals surface area (Å²) in [6, 6.07) is 5.69. The summed E-state index contributed by atoms with van der Waals surface area (Å²) in [5, 5.41) is 5.61. The minimum Gasteiger partial charge on any atom is -0.356 e. The summed E-state index contributed by atoms with van der Waals surface area (Å²) in [4.78, 5) is 27.8. The van der Waals surface area contributed by atoms with Gasteiger partial charge in [-0.05, 0) is 25.0 Å². The van der Waals surface area contributed by atoms with Gasteiger partial charge >= 0.3 is 0 Å². The number of aromatic nitrogens is 2. The number of carbonyl (C=O) groups is 2. The van der Waals surface area contributed by atoms with E-state index in [0.717, 1.165) is 24.2 Å². The van der Waals surface area contributed by atoms with Crippen LogP contribution in [0.4, 0.5) is 0 Å². The lowest BCUT2D eigenvalue weighted by atomic mass is 10.2. The normalized spacial score (nSPS) is 10.6. The van der Waals surface area contributed by atoms with Gasteiger partial charge in [0.15, 0.2) is 0 Å². The van der Waals surface area contributed by atoms with Crippen LogP contribution in [0.3, 0.4) is 0 Å². The number of aryl methyl sites for hydroxylation is 1. The number of nitrogens with zero attached hydrogens (tertiary/aromatic N) is 2. The van der Waals surface area contributed by atoms with Gasteiger partial charge in [0.1, 0.15) is 11.3 Å². The SMILES string of the molecule is CCCc1nc2ccccn2c1C(=O)NCCCNC(C)=O. The molecule has 6 nitrogen and oxygen atoms in total. The van der Waals surface area contributed by atoms with Gasteiger partial charge in [0.25, 0.3) is 5.91 Å². The Kier molecular flexibility index (Phi) is 5.52. The van der Waals surface area contributed by atoms with Crippen LogP contribution in [-0.2, 0) is 11.2 Å². The molecule has 2 rings (SSSR count). The highest BCUT2D eigenvalue weighted by atomic mass is 16.2. The van der Waals surface area contributed by atoms with Gasteiger partial charge in [-0.3, -0.25) is 14.0 Å². The molecule has 2 N–H and O–H groups in total. The Hall–Kier alpha value is -2.37. The van der Waals surface area contributed by atoms with Crippen molar-refractivity contribution >= 4 is 17.5 Å². The molecule has 0 radical (unpaired) electrons. The van der Waals surface area contributed by atoms with Gasteiger partial charge in [-0.25, -0.2) is 4.98 Å². The molecule has 2 aromatic rings. The zero-order valence-electron chi connectivity index (χ0n) is 13.1. The zero-order chi connectivity index (χ0) is 15.9. The minimum absolute atomic E-state index is 0.0571. The molecule has 2 amide bonds. The molecular weight excluding hydrogens is 280 g/mol. The Labute approximate surface area is 129 Å². The number of hydrogen-bond donors (Lipinski definition) is 2. The Morgan fingerprint density at radius 1 is 1.23 bits per heavy atom. The fourth-order valence-corrected chi connectivity index (χ4v) is 2.33. The lowest BCUT2D eigenvalue weighted by Crippen LogP contribution is -2.30. The van der Waals surface area contributed by atoms with E-state index in [9.17, 15) is 9.59 Å². The van der Waals surface area contributed by atoms with E-state index >= 15 is 0 Å². The maximum Gasteiger partial charge on any atom is 0.270 e. The average Bonchev–Trinajstić information content (AvgIpc) is 2.84. The molecule has 0 bridgehead atoms. The van der Waals surface area contributed by atoms with E-state index in [2.05, 4.69) is 22.5 Å². The van der Waals surface area contributed by atoms with E-state index in [-0.39, 0.29) is 11.8 Å². The van der Waals surface area contributed by atoms with Crippen molar-refractivity contribution < 1.29 is 9.59 Å². The Morgan fingerprint density at radius 2 is 2.00 bits per heavy atom. The Balaban J connectivity index is 2.06. The second kappa shape index (κ2) is 7.59. The number of hydrogen-bond acceptors (Lipinski definition) is 3. The molecule has 0 atom stereocenters. The number of amides is 2. The smallest absolute Gasteiger partial charge is 0.270 e. The molecule has 118 valence electrons. The number of rotatable bonds is 7. The second-order valence-electron chi connectivity index (χ2n) is 5.18. The number of imidazole rings is 1. The van der Waals surface area contributed by atoms with Crippen LogP contribution in [0.25, 0.3) is 5.65 Å². The molecule has 0 spiro atoms. The minimum atomic E-state index is -0.120. The molecule has 0 aliphatic carbocycles. The fourth-order valence-electron chi connectivity index (χ4n) is 2.33. The standard InChI is InChI=1S/C16H22N4O2/c1-3-7-13-15(20-11-5-4-8-14(20)19-13)16(22)18-10-6-9-17-12(2)21/h4-5,8,11H,3,6-7,9-10H2,1-2H3,(H,17,21)(H,18,22). The topological polar surface area (TPSA) is 75.5 Å². The highest BCUT2D eigenvalue weighted by Gasteiger charge is 2.17. The van der Waals surface area contributed by atoms with E-state index in [4.69, 9.17) is 0 Å². The molecule has 6 heteroatoms. The number of fused-ring (bicyclic) bond motifs is 1. The van der Waals surface area contributed by atoms with E-state index in [0.29, 0.717) is 25.2 Å². The van der Waals surface area contributed by atoms with E-state index in [1.807, 2.05) is 28.8 Å². The molecule has 22 heavy (non-hydrogen) atoms. The first-order chi connectivity index (χ1) is 10.6. The maximum atomic E-state index is 12.5. The van der Waals surface area contributed by atoms with Gasteiger partial charge in [0, 0.05) is 26.2 Å². The van der Waals surface area contributed by atoms with Crippen LogP contribution >= 0.6 is 0 Å². The molecule has 2 heterocycles. The molecule has 0 fully saturated rings. The molecule has 0 unspecified atom stereocenters. The molecule has 0 saturated heterocycles. The van der Waals surface area contributed by atoms with Crippen LogP contribution in [0.1, 0.15) is 42.9 Å². The molecule has 0 saturated carbocycles. The molecule has 2 aromatic heterocycles. The summed E-state index contributed by atoms with van der Waals surface area (Å²) < 4.78 is 1.83. The van der Waals surface area contributed by atoms with Crippen LogP contribution in [0.2, 0.25) is 0 Å². The predicted octanol–water partition coefficient (Wildman–Crippen LogP) is 1.54. The first-order valence-corrected chi connectivity index (χ1v) is 7.62. The molecule has 0 aromatic carbocycles. The lowest BCUT2D eigenvalue weighted by Gasteiger charge is -2.07. The number of carbonyl (C=O) groups excluding carboxylic acids is 2. The number of pyridine rings is 1. The highest BCUT2D eigenvalue weighted by Crippen LogP contribution is 2.14. The third-order valence-corrected chi connectivity index (χ3v) is 3.32. The van der Waals surface area contributed by atoms with Gasteiger partial charge in [0.2, 0.25) is 5.91 Å². The van der Waals surface area contributed by atoms with Crippen molar-refractivity contribution in [2.24, 2.45) is 0 Å². The average molecular weight is 302 g/mol. The molecular formula is C16H22N4O2. The fraction of sp³-hybridized carbons (Fsp3) is 0.438. The summed E-state index contributed by atoms with van der Waals surface area (Å²) in [7, 11) is 0. The summed E-state index contributed by atoms with van der Waals surface area (Å²) in [6.45, 7) is 4.63. The maximum absolute atomic E-state index is 12.5. The Bertz CT molecular complexity index is 663. The molecule has 0 aliphatic rings. The van der Waals surface area contributed by atoms with Gasteiger partial charge < -0.3 is 10.6 Å². The number of nitrogens with one attached hydrogen (secondary N) is 2. The van der Waals surface area contributed by atoms with Crippen LogP contribution in [0.15, 0.2) is 24.4 Å². The predicted molar refractivity (Wildman–Crippen MR) is 84.8 cm³/mol. The first kappa shape index (κ1) is 16.0. The summed E-state index contributed by atoms with van der Waals surface area (Å²) in [6.07, 6.45) is 4.27. The van der Waals surface area contributed by atoms with Gasteiger partial charge in [-0.15, -0.1) is 0 Å². The van der Waals surface area contributed by atoms with Crippen molar-refractivity contribution in [2.45, 2.75) is 33.1 Å².